The normalized spacial score (nSPS) is 10.9. The van der Waals surface area contributed by atoms with Gasteiger partial charge in [-0.3, -0.25) is 0 Å². The number of hydrogen-bond acceptors (Lipinski definition) is 1. The molecule has 0 saturated heterocycles. The standard InChI is InChI=1S/C17H16FNO/c1-12-6-8-15(9-7-12)20-11-14-10-13-4-3-5-16(18)17(13)19(14)2/h3-10H,11H2,1-2H3. The van der Waals surface area contributed by atoms with E-state index in [1.165, 1.54) is 11.6 Å². The van der Waals surface area contributed by atoms with Gasteiger partial charge in [0, 0.05) is 12.4 Å². The molecule has 3 heteroatoms. The molecule has 0 atom stereocenters. The molecule has 0 aliphatic heterocycles. The van der Waals surface area contributed by atoms with Gasteiger partial charge in [-0.1, -0.05) is 29.8 Å². The molecule has 2 nitrogen and oxygen atoms in total. The number of ether oxygens (including phenoxy) is 1. The Labute approximate surface area is 117 Å². The summed E-state index contributed by atoms with van der Waals surface area (Å²) in [5, 5.41) is 0.898. The van der Waals surface area contributed by atoms with Gasteiger partial charge in [-0.15, -0.1) is 0 Å². The molecule has 0 N–H and O–H groups in total. The molecule has 0 amide bonds. The summed E-state index contributed by atoms with van der Waals surface area (Å²) >= 11 is 0. The van der Waals surface area contributed by atoms with Crippen molar-refractivity contribution in [3.8, 4) is 5.75 Å². The number of halogens is 1. The Hall–Kier alpha value is -2.29. The Morgan fingerprint density at radius 1 is 1.10 bits per heavy atom. The summed E-state index contributed by atoms with van der Waals surface area (Å²) in [6.45, 7) is 2.46. The fourth-order valence-electron chi connectivity index (χ4n) is 2.35. The molecule has 0 bridgehead atoms. The maximum absolute atomic E-state index is 13.8. The highest BCUT2D eigenvalue weighted by Gasteiger charge is 2.09. The van der Waals surface area contributed by atoms with Crippen LogP contribution in [0.25, 0.3) is 10.9 Å². The fraction of sp³-hybridized carbons (Fsp3) is 0.176. The van der Waals surface area contributed by atoms with Crippen molar-refractivity contribution in [2.45, 2.75) is 13.5 Å². The highest BCUT2D eigenvalue weighted by atomic mass is 19.1. The van der Waals surface area contributed by atoms with Crippen LogP contribution >= 0.6 is 0 Å². The first-order valence-corrected chi connectivity index (χ1v) is 6.57. The second kappa shape index (κ2) is 5.00. The summed E-state index contributed by atoms with van der Waals surface area (Å²) in [5.74, 6) is 0.618. The molecular weight excluding hydrogens is 253 g/mol. The van der Waals surface area contributed by atoms with Crippen LogP contribution in [0, 0.1) is 12.7 Å². The molecule has 3 rings (SSSR count). The van der Waals surface area contributed by atoms with Crippen LogP contribution < -0.4 is 4.74 Å². The van der Waals surface area contributed by atoms with Crippen molar-refractivity contribution in [2.75, 3.05) is 0 Å². The predicted octanol–water partition coefficient (Wildman–Crippen LogP) is 4.20. The van der Waals surface area contributed by atoms with Crippen molar-refractivity contribution in [3.63, 3.8) is 0 Å². The van der Waals surface area contributed by atoms with E-state index >= 15 is 0 Å². The Bertz CT molecular complexity index is 744. The van der Waals surface area contributed by atoms with E-state index in [0.717, 1.165) is 16.8 Å². The van der Waals surface area contributed by atoms with E-state index in [9.17, 15) is 4.39 Å². The highest BCUT2D eigenvalue weighted by Crippen LogP contribution is 2.22. The lowest BCUT2D eigenvalue weighted by atomic mass is 10.2. The zero-order valence-electron chi connectivity index (χ0n) is 11.6. The van der Waals surface area contributed by atoms with Crippen LogP contribution in [0.15, 0.2) is 48.5 Å². The molecule has 0 unspecified atom stereocenters. The minimum absolute atomic E-state index is 0.202. The van der Waals surface area contributed by atoms with Crippen molar-refractivity contribution in [1.82, 2.24) is 4.57 Å². The van der Waals surface area contributed by atoms with Gasteiger partial charge >= 0.3 is 0 Å². The molecule has 0 aliphatic rings. The first-order valence-electron chi connectivity index (χ1n) is 6.57. The summed E-state index contributed by atoms with van der Waals surface area (Å²) in [6, 6.07) is 15.0. The van der Waals surface area contributed by atoms with Crippen molar-refractivity contribution >= 4 is 10.9 Å². The van der Waals surface area contributed by atoms with Crippen LogP contribution in [0.4, 0.5) is 4.39 Å². The van der Waals surface area contributed by atoms with Gasteiger partial charge in [0.2, 0.25) is 0 Å². The smallest absolute Gasteiger partial charge is 0.147 e. The van der Waals surface area contributed by atoms with Gasteiger partial charge in [-0.25, -0.2) is 4.39 Å². The van der Waals surface area contributed by atoms with Crippen LogP contribution in [0.2, 0.25) is 0 Å². The lowest BCUT2D eigenvalue weighted by Gasteiger charge is -2.08. The van der Waals surface area contributed by atoms with Crippen molar-refractivity contribution in [3.05, 3.63) is 65.6 Å². The Kier molecular flexibility index (Phi) is 3.18. The third-order valence-electron chi connectivity index (χ3n) is 3.51. The van der Waals surface area contributed by atoms with E-state index in [0.29, 0.717) is 12.1 Å². The highest BCUT2D eigenvalue weighted by molar-refractivity contribution is 5.81. The molecule has 0 fully saturated rings. The molecule has 0 radical (unpaired) electrons. The monoisotopic (exact) mass is 269 g/mol. The number of aromatic nitrogens is 1. The Morgan fingerprint density at radius 3 is 2.55 bits per heavy atom. The molecule has 102 valence electrons. The van der Waals surface area contributed by atoms with Crippen LogP contribution in [0.1, 0.15) is 11.3 Å². The molecule has 3 aromatic rings. The number of hydrogen-bond donors (Lipinski definition) is 0. The molecule has 0 spiro atoms. The first-order chi connectivity index (χ1) is 9.65. The molecule has 20 heavy (non-hydrogen) atoms. The Morgan fingerprint density at radius 2 is 1.85 bits per heavy atom. The van der Waals surface area contributed by atoms with Gasteiger partial charge in [0.05, 0.1) is 11.2 Å². The Balaban J connectivity index is 1.86. The summed E-state index contributed by atoms with van der Waals surface area (Å²) in [5.41, 5.74) is 2.77. The molecule has 1 aromatic heterocycles. The number of aryl methyl sites for hydroxylation is 2. The fourth-order valence-corrected chi connectivity index (χ4v) is 2.35. The number of rotatable bonds is 3. The topological polar surface area (TPSA) is 14.2 Å². The SMILES string of the molecule is Cc1ccc(OCc2cc3cccc(F)c3n2C)cc1. The number of para-hydroxylation sites is 1. The number of nitrogens with zero attached hydrogens (tertiary/aromatic N) is 1. The first kappa shape index (κ1) is 12.7. The molecule has 2 aromatic carbocycles. The summed E-state index contributed by atoms with van der Waals surface area (Å²) in [6.07, 6.45) is 0. The molecule has 1 heterocycles. The zero-order chi connectivity index (χ0) is 14.1. The predicted molar refractivity (Wildman–Crippen MR) is 78.4 cm³/mol. The van der Waals surface area contributed by atoms with E-state index in [2.05, 4.69) is 0 Å². The summed E-state index contributed by atoms with van der Waals surface area (Å²) in [7, 11) is 1.86. The quantitative estimate of drug-likeness (QED) is 0.695. The van der Waals surface area contributed by atoms with Gasteiger partial charge in [-0.2, -0.15) is 0 Å². The molecule has 0 saturated carbocycles. The van der Waals surface area contributed by atoms with Gasteiger partial charge in [-0.05, 0) is 31.2 Å². The van der Waals surface area contributed by atoms with Gasteiger partial charge in [0.15, 0.2) is 0 Å². The maximum Gasteiger partial charge on any atom is 0.147 e. The van der Waals surface area contributed by atoms with E-state index in [1.807, 2.05) is 54.9 Å². The van der Waals surface area contributed by atoms with Crippen molar-refractivity contribution < 1.29 is 9.13 Å². The number of fused-ring (bicyclic) bond motifs is 1. The van der Waals surface area contributed by atoms with E-state index in [4.69, 9.17) is 4.74 Å². The van der Waals surface area contributed by atoms with Crippen molar-refractivity contribution in [2.24, 2.45) is 7.05 Å². The van der Waals surface area contributed by atoms with E-state index in [1.54, 1.807) is 6.07 Å². The lowest BCUT2D eigenvalue weighted by molar-refractivity contribution is 0.297. The van der Waals surface area contributed by atoms with Crippen LogP contribution in [0.3, 0.4) is 0 Å². The van der Waals surface area contributed by atoms with E-state index < -0.39 is 0 Å². The maximum atomic E-state index is 13.8. The average molecular weight is 269 g/mol. The minimum atomic E-state index is -0.202. The van der Waals surface area contributed by atoms with Crippen LogP contribution in [-0.2, 0) is 13.7 Å². The summed E-state index contributed by atoms with van der Waals surface area (Å²) in [4.78, 5) is 0. The molecule has 0 aliphatic carbocycles. The van der Waals surface area contributed by atoms with Crippen molar-refractivity contribution in [1.29, 1.82) is 0 Å². The minimum Gasteiger partial charge on any atom is -0.487 e. The molecular formula is C17H16FNO. The van der Waals surface area contributed by atoms with Crippen LogP contribution in [0.5, 0.6) is 5.75 Å². The van der Waals surface area contributed by atoms with E-state index in [-0.39, 0.29) is 5.82 Å². The third-order valence-corrected chi connectivity index (χ3v) is 3.51. The van der Waals surface area contributed by atoms with Crippen LogP contribution in [-0.4, -0.2) is 4.57 Å². The summed E-state index contributed by atoms with van der Waals surface area (Å²) < 4.78 is 21.4. The second-order valence-electron chi connectivity index (χ2n) is 4.97. The third kappa shape index (κ3) is 2.27. The largest absolute Gasteiger partial charge is 0.487 e. The lowest BCUT2D eigenvalue weighted by Crippen LogP contribution is -2.02. The second-order valence-corrected chi connectivity index (χ2v) is 4.97. The zero-order valence-corrected chi connectivity index (χ0v) is 11.6. The van der Waals surface area contributed by atoms with Gasteiger partial charge in [0.1, 0.15) is 18.2 Å². The van der Waals surface area contributed by atoms with Gasteiger partial charge < -0.3 is 9.30 Å². The average Bonchev–Trinajstić information content (AvgIpc) is 2.76. The number of benzene rings is 2. The van der Waals surface area contributed by atoms with Gasteiger partial charge in [0.25, 0.3) is 0 Å².